The van der Waals surface area contributed by atoms with E-state index in [9.17, 15) is 0 Å². The van der Waals surface area contributed by atoms with Gasteiger partial charge in [-0.25, -0.2) is 0 Å². The van der Waals surface area contributed by atoms with Crippen LogP contribution in [0.2, 0.25) is 5.02 Å². The van der Waals surface area contributed by atoms with E-state index in [-0.39, 0.29) is 6.10 Å². The van der Waals surface area contributed by atoms with Gasteiger partial charge in [0.2, 0.25) is 0 Å². The Hall–Kier alpha value is -1.50. The Balaban J connectivity index is 1.73. The fourth-order valence-corrected chi connectivity index (χ4v) is 4.24. The molecule has 0 aliphatic heterocycles. The fraction of sp³-hybridized carbons (Fsp3) is 0.300. The Morgan fingerprint density at radius 1 is 1.22 bits per heavy atom. The lowest BCUT2D eigenvalue weighted by atomic mass is 10.2. The molecular weight excluding hydrogens is 446 g/mol. The molecule has 4 nitrogen and oxygen atoms in total. The summed E-state index contributed by atoms with van der Waals surface area (Å²) in [6.45, 7) is 6.83. The zero-order chi connectivity index (χ0) is 19.4. The van der Waals surface area contributed by atoms with E-state index in [1.807, 2.05) is 44.2 Å². The van der Waals surface area contributed by atoms with Gasteiger partial charge in [0.05, 0.1) is 0 Å². The zero-order valence-electron chi connectivity index (χ0n) is 15.4. The highest BCUT2D eigenvalue weighted by Crippen LogP contribution is 2.28. The van der Waals surface area contributed by atoms with Gasteiger partial charge in [-0.15, -0.1) is 10.2 Å². The van der Waals surface area contributed by atoms with Gasteiger partial charge >= 0.3 is 0 Å². The van der Waals surface area contributed by atoms with Crippen molar-refractivity contribution in [3.8, 4) is 5.75 Å². The van der Waals surface area contributed by atoms with E-state index in [4.69, 9.17) is 16.3 Å². The summed E-state index contributed by atoms with van der Waals surface area (Å²) in [5.74, 6) is 2.43. The van der Waals surface area contributed by atoms with E-state index in [1.165, 1.54) is 5.56 Å². The van der Waals surface area contributed by atoms with Crippen molar-refractivity contribution in [2.75, 3.05) is 0 Å². The molecule has 0 fully saturated rings. The highest BCUT2D eigenvalue weighted by atomic mass is 79.9. The summed E-state index contributed by atoms with van der Waals surface area (Å²) in [6, 6.07) is 14.0. The van der Waals surface area contributed by atoms with Crippen LogP contribution in [0.3, 0.4) is 0 Å². The van der Waals surface area contributed by atoms with Gasteiger partial charge < -0.3 is 9.30 Å². The average Bonchev–Trinajstić information content (AvgIpc) is 3.06. The Labute approximate surface area is 177 Å². The van der Waals surface area contributed by atoms with Crippen molar-refractivity contribution in [3.05, 3.63) is 68.9 Å². The summed E-state index contributed by atoms with van der Waals surface area (Å²) in [5, 5.41) is 10.4. The molecule has 0 saturated carbocycles. The van der Waals surface area contributed by atoms with Crippen molar-refractivity contribution in [2.24, 2.45) is 0 Å². The number of thioether (sulfide) groups is 1. The van der Waals surface area contributed by atoms with Crippen LogP contribution in [-0.4, -0.2) is 14.8 Å². The van der Waals surface area contributed by atoms with Gasteiger partial charge in [-0.3, -0.25) is 0 Å². The number of halogens is 2. The largest absolute Gasteiger partial charge is 0.483 e. The summed E-state index contributed by atoms with van der Waals surface area (Å²) in [5.41, 5.74) is 2.23. The third kappa shape index (κ3) is 5.06. The first-order chi connectivity index (χ1) is 13.0. The highest BCUT2D eigenvalue weighted by molar-refractivity contribution is 9.10. The monoisotopic (exact) mass is 465 g/mol. The first-order valence-electron chi connectivity index (χ1n) is 8.71. The minimum absolute atomic E-state index is 0.210. The third-order valence-corrected chi connectivity index (χ3v) is 6.08. The predicted octanol–water partition coefficient (Wildman–Crippen LogP) is 6.45. The Kier molecular flexibility index (Phi) is 6.84. The van der Waals surface area contributed by atoms with Crippen LogP contribution in [-0.2, 0) is 12.3 Å². The van der Waals surface area contributed by atoms with Crippen molar-refractivity contribution < 1.29 is 4.74 Å². The van der Waals surface area contributed by atoms with Gasteiger partial charge in [-0.05, 0) is 62.2 Å². The number of benzene rings is 2. The Morgan fingerprint density at radius 3 is 2.74 bits per heavy atom. The number of hydrogen-bond donors (Lipinski definition) is 0. The molecule has 0 saturated heterocycles. The van der Waals surface area contributed by atoms with E-state index in [0.29, 0.717) is 0 Å². The van der Waals surface area contributed by atoms with Gasteiger partial charge in [0.25, 0.3) is 0 Å². The van der Waals surface area contributed by atoms with Crippen molar-refractivity contribution >= 4 is 39.3 Å². The molecule has 0 aliphatic carbocycles. The van der Waals surface area contributed by atoms with E-state index < -0.39 is 0 Å². The van der Waals surface area contributed by atoms with Crippen molar-refractivity contribution in [1.82, 2.24) is 14.8 Å². The standard InChI is InChI=1S/C20H21BrClN3OS/c1-4-25-19(14(3)26-17-8-9-18(22)13(2)10-17)23-24-20(25)27-12-15-6-5-7-16(21)11-15/h5-11,14H,4,12H2,1-3H3. The molecule has 27 heavy (non-hydrogen) atoms. The average molecular weight is 467 g/mol. The summed E-state index contributed by atoms with van der Waals surface area (Å²) in [6.07, 6.45) is -0.210. The quantitative estimate of drug-likeness (QED) is 0.375. The first-order valence-corrected chi connectivity index (χ1v) is 10.9. The molecule has 3 aromatic rings. The van der Waals surface area contributed by atoms with Crippen LogP contribution >= 0.6 is 39.3 Å². The maximum Gasteiger partial charge on any atom is 0.191 e. The smallest absolute Gasteiger partial charge is 0.191 e. The topological polar surface area (TPSA) is 39.9 Å². The lowest BCUT2D eigenvalue weighted by Crippen LogP contribution is -2.12. The molecular formula is C20H21BrClN3OS. The van der Waals surface area contributed by atoms with Gasteiger partial charge in [-0.2, -0.15) is 0 Å². The maximum absolute atomic E-state index is 6.09. The molecule has 0 aliphatic rings. The first kappa shape index (κ1) is 20.2. The molecule has 1 unspecified atom stereocenters. The Bertz CT molecular complexity index is 931. The lowest BCUT2D eigenvalue weighted by Gasteiger charge is -2.16. The van der Waals surface area contributed by atoms with Crippen LogP contribution < -0.4 is 4.74 Å². The molecule has 2 aromatic carbocycles. The second-order valence-corrected chi connectivity index (χ2v) is 8.44. The van der Waals surface area contributed by atoms with Crippen LogP contribution in [0.1, 0.15) is 36.9 Å². The van der Waals surface area contributed by atoms with E-state index in [2.05, 4.69) is 49.8 Å². The van der Waals surface area contributed by atoms with Gasteiger partial charge in [-0.1, -0.05) is 51.4 Å². The van der Waals surface area contributed by atoms with Crippen LogP contribution in [0, 0.1) is 6.92 Å². The Morgan fingerprint density at radius 2 is 2.04 bits per heavy atom. The number of ether oxygens (including phenoxy) is 1. The molecule has 0 bridgehead atoms. The van der Waals surface area contributed by atoms with Crippen LogP contribution in [0.25, 0.3) is 0 Å². The lowest BCUT2D eigenvalue weighted by molar-refractivity contribution is 0.210. The molecule has 0 N–H and O–H groups in total. The third-order valence-electron chi connectivity index (χ3n) is 4.12. The number of aryl methyl sites for hydroxylation is 1. The molecule has 1 atom stereocenters. The number of hydrogen-bond acceptors (Lipinski definition) is 4. The van der Waals surface area contributed by atoms with Crippen molar-refractivity contribution in [1.29, 1.82) is 0 Å². The summed E-state index contributed by atoms with van der Waals surface area (Å²) in [7, 11) is 0. The normalized spacial score (nSPS) is 12.2. The van der Waals surface area contributed by atoms with Crippen molar-refractivity contribution in [2.45, 2.75) is 44.3 Å². The van der Waals surface area contributed by atoms with E-state index in [1.54, 1.807) is 11.8 Å². The summed E-state index contributed by atoms with van der Waals surface area (Å²) < 4.78 is 9.26. The van der Waals surface area contributed by atoms with Gasteiger partial charge in [0.15, 0.2) is 17.1 Å². The molecule has 3 rings (SSSR count). The minimum atomic E-state index is -0.210. The molecule has 0 spiro atoms. The van der Waals surface area contributed by atoms with Crippen molar-refractivity contribution in [3.63, 3.8) is 0 Å². The van der Waals surface area contributed by atoms with Gasteiger partial charge in [0.1, 0.15) is 5.75 Å². The molecule has 1 aromatic heterocycles. The number of aromatic nitrogens is 3. The molecule has 7 heteroatoms. The zero-order valence-corrected chi connectivity index (χ0v) is 18.6. The molecule has 1 heterocycles. The molecule has 142 valence electrons. The summed E-state index contributed by atoms with van der Waals surface area (Å²) in [4.78, 5) is 0. The minimum Gasteiger partial charge on any atom is -0.483 e. The summed E-state index contributed by atoms with van der Waals surface area (Å²) >= 11 is 11.3. The number of rotatable bonds is 7. The fourth-order valence-electron chi connectivity index (χ4n) is 2.73. The van der Waals surface area contributed by atoms with E-state index >= 15 is 0 Å². The SMILES string of the molecule is CCn1c(SCc2cccc(Br)c2)nnc1C(C)Oc1ccc(Cl)c(C)c1. The second-order valence-electron chi connectivity index (χ2n) is 6.17. The van der Waals surface area contributed by atoms with Crippen LogP contribution in [0.15, 0.2) is 52.1 Å². The maximum atomic E-state index is 6.09. The molecule has 0 amide bonds. The van der Waals surface area contributed by atoms with Gasteiger partial charge in [0, 0.05) is 21.8 Å². The highest BCUT2D eigenvalue weighted by Gasteiger charge is 2.19. The predicted molar refractivity (Wildman–Crippen MR) is 115 cm³/mol. The van der Waals surface area contributed by atoms with E-state index in [0.717, 1.165) is 44.1 Å². The molecule has 0 radical (unpaired) electrons. The number of nitrogens with zero attached hydrogens (tertiary/aromatic N) is 3. The van der Waals surface area contributed by atoms with Crippen LogP contribution in [0.4, 0.5) is 0 Å². The van der Waals surface area contributed by atoms with Crippen LogP contribution in [0.5, 0.6) is 5.75 Å². The second kappa shape index (κ2) is 9.13.